The van der Waals surface area contributed by atoms with E-state index in [1.165, 1.54) is 13.2 Å². The monoisotopic (exact) mass is 389 g/mol. The third kappa shape index (κ3) is 3.69. The van der Waals surface area contributed by atoms with Gasteiger partial charge in [0.15, 0.2) is 0 Å². The molecule has 6 heteroatoms. The minimum Gasteiger partial charge on any atom is -0.495 e. The second-order valence-electron chi connectivity index (χ2n) is 6.93. The summed E-state index contributed by atoms with van der Waals surface area (Å²) in [4.78, 5) is 17.3. The largest absolute Gasteiger partial charge is 0.495 e. The van der Waals surface area contributed by atoms with E-state index < -0.39 is 11.7 Å². The molecule has 146 valence electrons. The number of imidazole rings is 1. The van der Waals surface area contributed by atoms with Crippen LogP contribution in [0.5, 0.6) is 5.75 Å². The first-order valence-corrected chi connectivity index (χ1v) is 9.16. The van der Waals surface area contributed by atoms with Crippen molar-refractivity contribution in [1.29, 1.82) is 0 Å². The molecule has 0 aliphatic rings. The first-order valence-electron chi connectivity index (χ1n) is 9.16. The Balaban J connectivity index is 1.69. The van der Waals surface area contributed by atoms with Crippen LogP contribution in [-0.2, 0) is 0 Å². The Morgan fingerprint density at radius 3 is 2.69 bits per heavy atom. The van der Waals surface area contributed by atoms with E-state index in [1.807, 2.05) is 41.9 Å². The van der Waals surface area contributed by atoms with Gasteiger partial charge in [-0.2, -0.15) is 0 Å². The van der Waals surface area contributed by atoms with Crippen molar-refractivity contribution in [1.82, 2.24) is 9.38 Å². The van der Waals surface area contributed by atoms with E-state index in [4.69, 9.17) is 4.74 Å². The highest BCUT2D eigenvalue weighted by Crippen LogP contribution is 2.31. The highest BCUT2D eigenvalue weighted by Gasteiger charge is 2.14. The fourth-order valence-electron chi connectivity index (χ4n) is 3.12. The van der Waals surface area contributed by atoms with E-state index in [1.54, 1.807) is 31.2 Å². The molecular weight excluding hydrogens is 369 g/mol. The number of aromatic nitrogens is 2. The average Bonchev–Trinajstić information content (AvgIpc) is 3.13. The number of amides is 1. The molecule has 2 heterocycles. The van der Waals surface area contributed by atoms with Gasteiger partial charge in [0, 0.05) is 23.5 Å². The maximum absolute atomic E-state index is 13.8. The normalized spacial score (nSPS) is 10.9. The van der Waals surface area contributed by atoms with Crippen molar-refractivity contribution in [3.63, 3.8) is 0 Å². The molecule has 0 aliphatic heterocycles. The number of aryl methyl sites for hydroxylation is 2. The zero-order valence-corrected chi connectivity index (χ0v) is 16.4. The number of methoxy groups -OCH3 is 1. The number of hydrogen-bond acceptors (Lipinski definition) is 3. The molecule has 0 saturated carbocycles. The summed E-state index contributed by atoms with van der Waals surface area (Å²) in [6, 6.07) is 13.9. The van der Waals surface area contributed by atoms with Crippen LogP contribution >= 0.6 is 0 Å². The maximum Gasteiger partial charge on any atom is 0.255 e. The quantitative estimate of drug-likeness (QED) is 0.533. The molecule has 4 rings (SSSR count). The number of carbonyl (C=O) groups is 1. The van der Waals surface area contributed by atoms with Gasteiger partial charge >= 0.3 is 0 Å². The first kappa shape index (κ1) is 18.7. The van der Waals surface area contributed by atoms with Gasteiger partial charge in [-0.15, -0.1) is 0 Å². The molecule has 0 bridgehead atoms. The van der Waals surface area contributed by atoms with Gasteiger partial charge in [0.1, 0.15) is 17.2 Å². The molecule has 0 atom stereocenters. The lowest BCUT2D eigenvalue weighted by atomic mass is 10.1. The van der Waals surface area contributed by atoms with Gasteiger partial charge in [0.05, 0.1) is 18.5 Å². The number of pyridine rings is 1. The highest BCUT2D eigenvalue weighted by atomic mass is 19.1. The summed E-state index contributed by atoms with van der Waals surface area (Å²) < 4.78 is 21.1. The van der Waals surface area contributed by atoms with Gasteiger partial charge in [-0.05, 0) is 67.4 Å². The van der Waals surface area contributed by atoms with Crippen molar-refractivity contribution in [3.05, 3.63) is 83.4 Å². The molecular formula is C23H20FN3O2. The summed E-state index contributed by atoms with van der Waals surface area (Å²) in [7, 11) is 1.53. The van der Waals surface area contributed by atoms with E-state index in [-0.39, 0.29) is 5.56 Å². The predicted octanol–water partition coefficient (Wildman–Crippen LogP) is 5.02. The van der Waals surface area contributed by atoms with Crippen LogP contribution in [0.2, 0.25) is 0 Å². The minimum atomic E-state index is -0.418. The number of fused-ring (bicyclic) bond motifs is 1. The lowest BCUT2D eigenvalue weighted by Gasteiger charge is -2.12. The van der Waals surface area contributed by atoms with Crippen LogP contribution in [0.1, 0.15) is 21.5 Å². The van der Waals surface area contributed by atoms with Crippen molar-refractivity contribution in [2.75, 3.05) is 12.4 Å². The van der Waals surface area contributed by atoms with E-state index in [2.05, 4.69) is 10.3 Å². The molecule has 2 aromatic carbocycles. The Morgan fingerprint density at radius 1 is 1.10 bits per heavy atom. The number of carbonyl (C=O) groups excluding carboxylic acids is 1. The molecule has 1 amide bonds. The number of nitrogens with one attached hydrogen (secondary N) is 1. The maximum atomic E-state index is 13.8. The summed E-state index contributed by atoms with van der Waals surface area (Å²) in [5.74, 6) is -0.322. The van der Waals surface area contributed by atoms with Crippen molar-refractivity contribution in [3.8, 4) is 17.0 Å². The third-order valence-electron chi connectivity index (χ3n) is 4.79. The van der Waals surface area contributed by atoms with Crippen LogP contribution in [0.3, 0.4) is 0 Å². The molecule has 0 unspecified atom stereocenters. The van der Waals surface area contributed by atoms with Crippen LogP contribution in [0.15, 0.2) is 60.9 Å². The van der Waals surface area contributed by atoms with Crippen LogP contribution in [0.25, 0.3) is 16.9 Å². The number of ether oxygens (including phenoxy) is 1. The van der Waals surface area contributed by atoms with Crippen molar-refractivity contribution >= 4 is 17.2 Å². The molecule has 5 nitrogen and oxygen atoms in total. The van der Waals surface area contributed by atoms with Crippen LogP contribution < -0.4 is 10.1 Å². The summed E-state index contributed by atoms with van der Waals surface area (Å²) in [6.07, 6.45) is 3.89. The van der Waals surface area contributed by atoms with E-state index in [0.29, 0.717) is 17.0 Å². The second-order valence-corrected chi connectivity index (χ2v) is 6.93. The molecule has 0 aliphatic carbocycles. The second kappa shape index (κ2) is 7.39. The number of nitrogens with zero attached hydrogens (tertiary/aromatic N) is 2. The summed E-state index contributed by atoms with van der Waals surface area (Å²) in [6.45, 7) is 3.67. The lowest BCUT2D eigenvalue weighted by Crippen LogP contribution is -2.13. The zero-order chi connectivity index (χ0) is 20.5. The number of anilines is 1. The molecule has 1 N–H and O–H groups in total. The molecule has 0 spiro atoms. The standard InChI is InChI=1S/C23H20FN3O2/c1-14-8-9-27-13-20(25-22(27)10-14)16-6-7-21(29-3)19(12-16)26-23(28)17-5-4-15(2)18(24)11-17/h4-13H,1-3H3,(H,26,28). The molecule has 29 heavy (non-hydrogen) atoms. The van der Waals surface area contributed by atoms with E-state index in [9.17, 15) is 9.18 Å². The molecule has 0 radical (unpaired) electrons. The first-order chi connectivity index (χ1) is 13.9. The number of halogens is 1. The van der Waals surface area contributed by atoms with Crippen LogP contribution in [-0.4, -0.2) is 22.4 Å². The zero-order valence-electron chi connectivity index (χ0n) is 16.4. The minimum absolute atomic E-state index is 0.240. The fraction of sp³-hybridized carbons (Fsp3) is 0.130. The predicted molar refractivity (Wildman–Crippen MR) is 111 cm³/mol. The fourth-order valence-corrected chi connectivity index (χ4v) is 3.12. The van der Waals surface area contributed by atoms with Gasteiger partial charge in [-0.1, -0.05) is 6.07 Å². The summed E-state index contributed by atoms with van der Waals surface area (Å²) >= 11 is 0. The van der Waals surface area contributed by atoms with Crippen LogP contribution in [0.4, 0.5) is 10.1 Å². The van der Waals surface area contributed by atoms with Crippen molar-refractivity contribution in [2.24, 2.45) is 0 Å². The van der Waals surface area contributed by atoms with Gasteiger partial charge in [-0.25, -0.2) is 9.37 Å². The highest BCUT2D eigenvalue weighted by molar-refractivity contribution is 6.05. The molecule has 0 fully saturated rings. The topological polar surface area (TPSA) is 55.6 Å². The number of rotatable bonds is 4. The van der Waals surface area contributed by atoms with Gasteiger partial charge in [0.2, 0.25) is 0 Å². The number of hydrogen-bond donors (Lipinski definition) is 1. The van der Waals surface area contributed by atoms with Crippen molar-refractivity contribution < 1.29 is 13.9 Å². The smallest absolute Gasteiger partial charge is 0.255 e. The average molecular weight is 389 g/mol. The van der Waals surface area contributed by atoms with Gasteiger partial charge in [0.25, 0.3) is 5.91 Å². The Bertz CT molecular complexity index is 1230. The van der Waals surface area contributed by atoms with E-state index in [0.717, 1.165) is 22.5 Å². The van der Waals surface area contributed by atoms with Crippen molar-refractivity contribution in [2.45, 2.75) is 13.8 Å². The van der Waals surface area contributed by atoms with Gasteiger partial charge in [-0.3, -0.25) is 4.79 Å². The lowest BCUT2D eigenvalue weighted by molar-refractivity contribution is 0.102. The SMILES string of the molecule is COc1ccc(-c2cn3ccc(C)cc3n2)cc1NC(=O)c1ccc(C)c(F)c1. The third-order valence-corrected chi connectivity index (χ3v) is 4.79. The van der Waals surface area contributed by atoms with Crippen LogP contribution in [0, 0.1) is 19.7 Å². The summed E-state index contributed by atoms with van der Waals surface area (Å²) in [5, 5.41) is 2.81. The number of benzene rings is 2. The molecule has 4 aromatic rings. The van der Waals surface area contributed by atoms with Gasteiger partial charge < -0.3 is 14.5 Å². The Labute approximate surface area is 167 Å². The Kier molecular flexibility index (Phi) is 4.76. The van der Waals surface area contributed by atoms with E-state index >= 15 is 0 Å². The Hall–Kier alpha value is -3.67. The Morgan fingerprint density at radius 2 is 1.93 bits per heavy atom. The molecule has 2 aromatic heterocycles. The summed E-state index contributed by atoms with van der Waals surface area (Å²) in [5.41, 5.74) is 4.79. The molecule has 0 saturated heterocycles.